The molecule has 0 bridgehead atoms. The highest BCUT2D eigenvalue weighted by atomic mass is 32.2. The highest BCUT2D eigenvalue weighted by Crippen LogP contribution is 2.28. The fraction of sp³-hybridized carbons (Fsp3) is 0.588. The van der Waals surface area contributed by atoms with Crippen molar-refractivity contribution < 1.29 is 9.90 Å². The molecular weight excluding hydrogens is 296 g/mol. The van der Waals surface area contributed by atoms with Gasteiger partial charge in [0.05, 0.1) is 0 Å². The average molecular weight is 322 g/mol. The van der Waals surface area contributed by atoms with Gasteiger partial charge in [0.2, 0.25) is 0 Å². The van der Waals surface area contributed by atoms with Crippen molar-refractivity contribution in [2.24, 2.45) is 0 Å². The smallest absolute Gasteiger partial charge is 0.317 e. The van der Waals surface area contributed by atoms with Crippen LogP contribution in [-0.2, 0) is 6.42 Å². The Morgan fingerprint density at radius 2 is 2.09 bits per heavy atom. The Bertz CT molecular complexity index is 492. The molecule has 1 fully saturated rings. The Kier molecular flexibility index (Phi) is 6.00. The number of hydrogen-bond acceptors (Lipinski definition) is 3. The standard InChI is InChI=1S/C17H26N2O2S/c1-12(10-13-4-7-15(20)8-5-13)19(2)17(21)18-14-6-9-16(11-14)22-3/h4-5,7-8,12,14,16,20H,6,9-11H2,1-3H3,(H,18,21)/t12-,14+,16+/m0/s1. The summed E-state index contributed by atoms with van der Waals surface area (Å²) in [5.74, 6) is 0.270. The van der Waals surface area contributed by atoms with Crippen LogP contribution in [0.5, 0.6) is 5.75 Å². The minimum Gasteiger partial charge on any atom is -0.508 e. The maximum absolute atomic E-state index is 12.3. The molecule has 0 heterocycles. The van der Waals surface area contributed by atoms with Crippen LogP contribution >= 0.6 is 11.8 Å². The maximum Gasteiger partial charge on any atom is 0.317 e. The number of urea groups is 1. The molecule has 1 aliphatic carbocycles. The van der Waals surface area contributed by atoms with Crippen molar-refractivity contribution in [2.45, 2.75) is 49.9 Å². The third-order valence-corrected chi connectivity index (χ3v) is 5.59. The highest BCUT2D eigenvalue weighted by Gasteiger charge is 2.27. The van der Waals surface area contributed by atoms with E-state index in [1.54, 1.807) is 17.0 Å². The van der Waals surface area contributed by atoms with Gasteiger partial charge in [-0.1, -0.05) is 12.1 Å². The molecule has 0 saturated heterocycles. The fourth-order valence-electron chi connectivity index (χ4n) is 2.87. The van der Waals surface area contributed by atoms with Gasteiger partial charge in [0, 0.05) is 24.4 Å². The molecule has 22 heavy (non-hydrogen) atoms. The van der Waals surface area contributed by atoms with Crippen molar-refractivity contribution in [3.63, 3.8) is 0 Å². The predicted molar refractivity (Wildman–Crippen MR) is 92.5 cm³/mol. The molecule has 1 aliphatic rings. The summed E-state index contributed by atoms with van der Waals surface area (Å²) in [6.07, 6.45) is 6.27. The van der Waals surface area contributed by atoms with E-state index in [0.29, 0.717) is 11.3 Å². The molecule has 122 valence electrons. The molecule has 0 aromatic heterocycles. The van der Waals surface area contributed by atoms with Gasteiger partial charge in [0.25, 0.3) is 0 Å². The van der Waals surface area contributed by atoms with Crippen molar-refractivity contribution in [3.8, 4) is 5.75 Å². The number of carbonyl (C=O) groups excluding carboxylic acids is 1. The maximum atomic E-state index is 12.3. The van der Waals surface area contributed by atoms with Crippen LogP contribution in [0, 0.1) is 0 Å². The number of amides is 2. The number of nitrogens with zero attached hydrogens (tertiary/aromatic N) is 1. The molecule has 0 unspecified atom stereocenters. The van der Waals surface area contributed by atoms with Crippen LogP contribution in [0.15, 0.2) is 24.3 Å². The van der Waals surface area contributed by atoms with E-state index in [0.717, 1.165) is 24.8 Å². The molecule has 4 nitrogen and oxygen atoms in total. The van der Waals surface area contributed by atoms with Crippen molar-refractivity contribution in [2.75, 3.05) is 13.3 Å². The van der Waals surface area contributed by atoms with Crippen LogP contribution in [0.3, 0.4) is 0 Å². The summed E-state index contributed by atoms with van der Waals surface area (Å²) >= 11 is 1.90. The van der Waals surface area contributed by atoms with E-state index in [9.17, 15) is 9.90 Å². The van der Waals surface area contributed by atoms with E-state index in [2.05, 4.69) is 11.6 Å². The minimum absolute atomic E-state index is 0.0121. The number of thioether (sulfide) groups is 1. The zero-order valence-corrected chi connectivity index (χ0v) is 14.4. The van der Waals surface area contributed by atoms with Gasteiger partial charge in [0.1, 0.15) is 5.75 Å². The number of nitrogens with one attached hydrogen (secondary N) is 1. The molecule has 1 aromatic carbocycles. The molecule has 0 spiro atoms. The van der Waals surface area contributed by atoms with Gasteiger partial charge in [-0.05, 0) is 56.6 Å². The molecule has 0 radical (unpaired) electrons. The predicted octanol–water partition coefficient (Wildman–Crippen LogP) is 3.25. The lowest BCUT2D eigenvalue weighted by atomic mass is 10.1. The zero-order valence-electron chi connectivity index (χ0n) is 13.6. The SMILES string of the molecule is CS[C@@H]1CC[C@@H](NC(=O)N(C)[C@@H](C)Cc2ccc(O)cc2)C1. The summed E-state index contributed by atoms with van der Waals surface area (Å²) in [7, 11) is 1.85. The first-order valence-corrected chi connectivity index (χ1v) is 9.12. The molecule has 2 rings (SSSR count). The number of phenols is 1. The van der Waals surface area contributed by atoms with E-state index >= 15 is 0 Å². The number of rotatable bonds is 5. The number of hydrogen-bond donors (Lipinski definition) is 2. The third-order valence-electron chi connectivity index (χ3n) is 4.49. The van der Waals surface area contributed by atoms with Crippen molar-refractivity contribution >= 4 is 17.8 Å². The molecule has 3 atom stereocenters. The molecule has 5 heteroatoms. The number of phenolic OH excluding ortho intramolecular Hbond substituents is 1. The Labute approximate surface area is 137 Å². The summed E-state index contributed by atoms with van der Waals surface area (Å²) in [5.41, 5.74) is 1.12. The zero-order chi connectivity index (χ0) is 16.1. The Morgan fingerprint density at radius 3 is 2.68 bits per heavy atom. The van der Waals surface area contributed by atoms with E-state index < -0.39 is 0 Å². The van der Waals surface area contributed by atoms with Crippen LogP contribution in [-0.4, -0.2) is 46.7 Å². The summed E-state index contributed by atoms with van der Waals surface area (Å²) < 4.78 is 0. The van der Waals surface area contributed by atoms with E-state index in [4.69, 9.17) is 0 Å². The van der Waals surface area contributed by atoms with Crippen LogP contribution in [0.4, 0.5) is 4.79 Å². The first-order valence-electron chi connectivity index (χ1n) is 7.83. The van der Waals surface area contributed by atoms with Crippen molar-refractivity contribution in [3.05, 3.63) is 29.8 Å². The van der Waals surface area contributed by atoms with Gasteiger partial charge in [-0.25, -0.2) is 4.79 Å². The van der Waals surface area contributed by atoms with Gasteiger partial charge in [-0.15, -0.1) is 0 Å². The number of carbonyl (C=O) groups is 1. The Balaban J connectivity index is 1.83. The van der Waals surface area contributed by atoms with Crippen LogP contribution in [0.1, 0.15) is 31.7 Å². The molecule has 2 amide bonds. The second-order valence-electron chi connectivity index (χ2n) is 6.15. The lowest BCUT2D eigenvalue weighted by Crippen LogP contribution is -2.46. The molecule has 0 aliphatic heterocycles. The second kappa shape index (κ2) is 7.77. The lowest BCUT2D eigenvalue weighted by molar-refractivity contribution is 0.190. The minimum atomic E-state index is 0.0121. The topological polar surface area (TPSA) is 52.6 Å². The highest BCUT2D eigenvalue weighted by molar-refractivity contribution is 7.99. The van der Waals surface area contributed by atoms with Crippen LogP contribution < -0.4 is 5.32 Å². The first-order chi connectivity index (χ1) is 10.5. The normalized spacial score (nSPS) is 22.3. The Morgan fingerprint density at radius 1 is 1.41 bits per heavy atom. The first kappa shape index (κ1) is 17.0. The van der Waals surface area contributed by atoms with Crippen molar-refractivity contribution in [1.82, 2.24) is 10.2 Å². The molecule has 2 N–H and O–H groups in total. The lowest BCUT2D eigenvalue weighted by Gasteiger charge is -2.27. The molecule has 1 aromatic rings. The number of aromatic hydroxyl groups is 1. The second-order valence-corrected chi connectivity index (χ2v) is 7.29. The van der Waals surface area contributed by atoms with Crippen molar-refractivity contribution in [1.29, 1.82) is 0 Å². The quantitative estimate of drug-likeness (QED) is 0.875. The monoisotopic (exact) mass is 322 g/mol. The number of benzene rings is 1. The summed E-state index contributed by atoms with van der Waals surface area (Å²) in [4.78, 5) is 14.1. The van der Waals surface area contributed by atoms with Gasteiger partial charge in [-0.3, -0.25) is 0 Å². The summed E-state index contributed by atoms with van der Waals surface area (Å²) in [6, 6.07) is 7.61. The van der Waals surface area contributed by atoms with Crippen LogP contribution in [0.2, 0.25) is 0 Å². The van der Waals surface area contributed by atoms with E-state index in [1.807, 2.05) is 37.9 Å². The number of likely N-dealkylation sites (N-methyl/N-ethyl adjacent to an activating group) is 1. The summed E-state index contributed by atoms with van der Waals surface area (Å²) in [6.45, 7) is 2.05. The van der Waals surface area contributed by atoms with E-state index in [-0.39, 0.29) is 17.8 Å². The van der Waals surface area contributed by atoms with Gasteiger partial charge >= 0.3 is 6.03 Å². The van der Waals surface area contributed by atoms with Gasteiger partial charge in [-0.2, -0.15) is 11.8 Å². The fourth-order valence-corrected chi connectivity index (χ4v) is 3.67. The largest absolute Gasteiger partial charge is 0.508 e. The summed E-state index contributed by atoms with van der Waals surface area (Å²) in [5, 5.41) is 13.2. The molecular formula is C17H26N2O2S. The van der Waals surface area contributed by atoms with Crippen LogP contribution in [0.25, 0.3) is 0 Å². The average Bonchev–Trinajstić information content (AvgIpc) is 2.96. The van der Waals surface area contributed by atoms with Gasteiger partial charge in [0.15, 0.2) is 0 Å². The molecule has 1 saturated carbocycles. The third kappa shape index (κ3) is 4.57. The Hall–Kier alpha value is -1.36. The van der Waals surface area contributed by atoms with E-state index in [1.165, 1.54) is 6.42 Å². The van der Waals surface area contributed by atoms with Gasteiger partial charge < -0.3 is 15.3 Å².